The third-order valence-electron chi connectivity index (χ3n) is 1.11. The van der Waals surface area contributed by atoms with Gasteiger partial charge >= 0.3 is 12.3 Å². The number of rotatable bonds is 1. The monoisotopic (exact) mass is 195 g/mol. The highest BCUT2D eigenvalue weighted by molar-refractivity contribution is 5.81. The van der Waals surface area contributed by atoms with Crippen molar-refractivity contribution in [2.75, 3.05) is 5.32 Å². The molecular weight excluding hydrogens is 191 g/mol. The van der Waals surface area contributed by atoms with Crippen LogP contribution in [0.1, 0.15) is 5.69 Å². The van der Waals surface area contributed by atoms with E-state index in [9.17, 15) is 18.0 Å². The Labute approximate surface area is 69.6 Å². The van der Waals surface area contributed by atoms with E-state index in [0.717, 1.165) is 0 Å². The van der Waals surface area contributed by atoms with Crippen LogP contribution in [0.15, 0.2) is 6.07 Å². The van der Waals surface area contributed by atoms with E-state index in [-0.39, 0.29) is 5.82 Å². The zero-order valence-corrected chi connectivity index (χ0v) is 6.01. The Morgan fingerprint density at radius 3 is 2.62 bits per heavy atom. The maximum absolute atomic E-state index is 11.9. The molecule has 0 spiro atoms. The molecule has 0 aromatic carbocycles. The van der Waals surface area contributed by atoms with E-state index in [4.69, 9.17) is 5.11 Å². The van der Waals surface area contributed by atoms with E-state index in [1.165, 1.54) is 0 Å². The molecule has 72 valence electrons. The molecule has 1 aromatic rings. The second-order valence-electron chi connectivity index (χ2n) is 2.09. The number of hydrogen-bond donors (Lipinski definition) is 3. The molecule has 0 saturated carbocycles. The van der Waals surface area contributed by atoms with E-state index in [1.54, 1.807) is 5.32 Å². The predicted octanol–water partition coefficient (Wildman–Crippen LogP) is 1.52. The third kappa shape index (κ3) is 2.36. The first-order valence-electron chi connectivity index (χ1n) is 3.02. The van der Waals surface area contributed by atoms with Crippen molar-refractivity contribution in [2.45, 2.75) is 6.18 Å². The zero-order valence-electron chi connectivity index (χ0n) is 6.01. The molecule has 0 bridgehead atoms. The minimum absolute atomic E-state index is 0.320. The fraction of sp³-hybridized carbons (Fsp3) is 0.200. The van der Waals surface area contributed by atoms with Crippen molar-refractivity contribution in [3.05, 3.63) is 11.8 Å². The van der Waals surface area contributed by atoms with E-state index < -0.39 is 18.0 Å². The van der Waals surface area contributed by atoms with Crippen LogP contribution >= 0.6 is 0 Å². The maximum atomic E-state index is 11.9. The molecule has 8 heteroatoms. The quantitative estimate of drug-likeness (QED) is 0.635. The number of alkyl halides is 3. The zero-order chi connectivity index (χ0) is 10.1. The van der Waals surface area contributed by atoms with Gasteiger partial charge in [-0.3, -0.25) is 10.4 Å². The van der Waals surface area contributed by atoms with E-state index in [2.05, 4.69) is 5.10 Å². The number of halogens is 3. The van der Waals surface area contributed by atoms with E-state index in [0.29, 0.717) is 6.07 Å². The molecule has 0 aliphatic rings. The van der Waals surface area contributed by atoms with Crippen LogP contribution in [0.5, 0.6) is 0 Å². The van der Waals surface area contributed by atoms with Gasteiger partial charge in [0.2, 0.25) is 0 Å². The van der Waals surface area contributed by atoms with Gasteiger partial charge in [-0.1, -0.05) is 0 Å². The molecular formula is C5H4F3N3O2. The van der Waals surface area contributed by atoms with Crippen molar-refractivity contribution in [2.24, 2.45) is 0 Å². The van der Waals surface area contributed by atoms with Crippen molar-refractivity contribution in [1.82, 2.24) is 10.2 Å². The molecule has 13 heavy (non-hydrogen) atoms. The lowest BCUT2D eigenvalue weighted by atomic mass is 10.4. The highest BCUT2D eigenvalue weighted by Gasteiger charge is 2.33. The number of anilines is 1. The van der Waals surface area contributed by atoms with Crippen LogP contribution in [0.3, 0.4) is 0 Å². The summed E-state index contributed by atoms with van der Waals surface area (Å²) < 4.78 is 35.6. The second-order valence-corrected chi connectivity index (χ2v) is 2.09. The Hall–Kier alpha value is -1.73. The molecule has 0 aliphatic carbocycles. The lowest BCUT2D eigenvalue weighted by Gasteiger charge is -1.98. The summed E-state index contributed by atoms with van der Waals surface area (Å²) in [4.78, 5) is 9.99. The van der Waals surface area contributed by atoms with Crippen LogP contribution < -0.4 is 5.32 Å². The van der Waals surface area contributed by atoms with Crippen molar-refractivity contribution >= 4 is 11.9 Å². The summed E-state index contributed by atoms with van der Waals surface area (Å²) in [5.74, 6) is -0.320. The number of amides is 1. The molecule has 0 atom stereocenters. The number of aromatic amines is 1. The standard InChI is InChI=1S/C5H4F3N3O2/c6-5(7,8)2-1-3(11-10-2)9-4(12)13/h1H,(H,12,13)(H2,9,10,11). The van der Waals surface area contributed by atoms with Crippen LogP contribution in [0.4, 0.5) is 23.8 Å². The summed E-state index contributed by atoms with van der Waals surface area (Å²) >= 11 is 0. The molecule has 0 saturated heterocycles. The van der Waals surface area contributed by atoms with Gasteiger partial charge in [0.1, 0.15) is 5.82 Å². The Balaban J connectivity index is 2.81. The summed E-state index contributed by atoms with van der Waals surface area (Å²) in [6, 6.07) is 0.564. The molecule has 3 N–H and O–H groups in total. The SMILES string of the molecule is O=C(O)Nc1cc(C(F)(F)F)n[nH]1. The number of carbonyl (C=O) groups is 1. The lowest BCUT2D eigenvalue weighted by molar-refractivity contribution is -0.141. The first-order chi connectivity index (χ1) is 5.89. The number of carboxylic acid groups (broad SMARTS) is 1. The van der Waals surface area contributed by atoms with Gasteiger partial charge in [0, 0.05) is 6.07 Å². The topological polar surface area (TPSA) is 78.0 Å². The first-order valence-corrected chi connectivity index (χ1v) is 3.02. The minimum Gasteiger partial charge on any atom is -0.465 e. The Morgan fingerprint density at radius 1 is 1.62 bits per heavy atom. The number of H-pyrrole nitrogens is 1. The van der Waals surface area contributed by atoms with Crippen LogP contribution in [-0.2, 0) is 6.18 Å². The highest BCUT2D eigenvalue weighted by Crippen LogP contribution is 2.28. The lowest BCUT2D eigenvalue weighted by Crippen LogP contribution is -2.07. The van der Waals surface area contributed by atoms with E-state index >= 15 is 0 Å². The summed E-state index contributed by atoms with van der Waals surface area (Å²) in [6.07, 6.45) is -6.04. The smallest absolute Gasteiger partial charge is 0.435 e. The number of nitrogens with zero attached hydrogens (tertiary/aromatic N) is 1. The summed E-state index contributed by atoms with van der Waals surface area (Å²) in [5, 5.41) is 14.6. The minimum atomic E-state index is -4.57. The Morgan fingerprint density at radius 2 is 2.23 bits per heavy atom. The summed E-state index contributed by atoms with van der Waals surface area (Å²) in [7, 11) is 0. The second kappa shape index (κ2) is 2.96. The largest absolute Gasteiger partial charge is 0.465 e. The van der Waals surface area contributed by atoms with Crippen LogP contribution in [0.25, 0.3) is 0 Å². The van der Waals surface area contributed by atoms with Crippen LogP contribution in [-0.4, -0.2) is 21.4 Å². The molecule has 0 aliphatic heterocycles. The predicted molar refractivity (Wildman–Crippen MR) is 35.2 cm³/mol. The van der Waals surface area contributed by atoms with Gasteiger partial charge in [-0.2, -0.15) is 18.3 Å². The van der Waals surface area contributed by atoms with Gasteiger partial charge in [0.25, 0.3) is 0 Å². The fourth-order valence-electron chi connectivity index (χ4n) is 0.646. The average molecular weight is 195 g/mol. The van der Waals surface area contributed by atoms with Gasteiger partial charge in [-0.25, -0.2) is 4.79 Å². The van der Waals surface area contributed by atoms with E-state index in [1.807, 2.05) is 5.10 Å². The Kier molecular flexibility index (Phi) is 2.13. The highest BCUT2D eigenvalue weighted by atomic mass is 19.4. The van der Waals surface area contributed by atoms with Crippen molar-refractivity contribution in [1.29, 1.82) is 0 Å². The number of hydrogen-bond acceptors (Lipinski definition) is 2. The average Bonchev–Trinajstić information content (AvgIpc) is 2.32. The summed E-state index contributed by atoms with van der Waals surface area (Å²) in [6.45, 7) is 0. The molecule has 0 radical (unpaired) electrons. The molecule has 1 aromatic heterocycles. The van der Waals surface area contributed by atoms with Crippen molar-refractivity contribution < 1.29 is 23.1 Å². The molecule has 0 unspecified atom stereocenters. The van der Waals surface area contributed by atoms with Gasteiger partial charge in [0.15, 0.2) is 5.69 Å². The molecule has 5 nitrogen and oxygen atoms in total. The Bertz CT molecular complexity index is 319. The van der Waals surface area contributed by atoms with Crippen molar-refractivity contribution in [3.63, 3.8) is 0 Å². The molecule has 0 fully saturated rings. The van der Waals surface area contributed by atoms with Crippen molar-refractivity contribution in [3.8, 4) is 0 Å². The van der Waals surface area contributed by atoms with Gasteiger partial charge in [-0.15, -0.1) is 0 Å². The van der Waals surface area contributed by atoms with Crippen LogP contribution in [0, 0.1) is 0 Å². The number of aromatic nitrogens is 2. The normalized spacial score (nSPS) is 11.3. The van der Waals surface area contributed by atoms with Gasteiger partial charge in [-0.05, 0) is 0 Å². The first kappa shape index (κ1) is 9.36. The molecule has 1 heterocycles. The summed E-state index contributed by atoms with van der Waals surface area (Å²) in [5.41, 5.74) is -1.17. The van der Waals surface area contributed by atoms with Crippen LogP contribution in [0.2, 0.25) is 0 Å². The fourth-order valence-corrected chi connectivity index (χ4v) is 0.646. The third-order valence-corrected chi connectivity index (χ3v) is 1.11. The molecule has 1 amide bonds. The molecule has 1 rings (SSSR count). The van der Waals surface area contributed by atoms with Gasteiger partial charge < -0.3 is 5.11 Å². The van der Waals surface area contributed by atoms with Gasteiger partial charge in [0.05, 0.1) is 0 Å². The number of nitrogens with one attached hydrogen (secondary N) is 2. The maximum Gasteiger partial charge on any atom is 0.435 e.